The van der Waals surface area contributed by atoms with Crippen LogP contribution in [-0.4, -0.2) is 17.0 Å². The molecule has 0 radical (unpaired) electrons. The van der Waals surface area contributed by atoms with Gasteiger partial charge in [0.2, 0.25) is 0 Å². The van der Waals surface area contributed by atoms with Crippen molar-refractivity contribution in [2.75, 3.05) is 18.1 Å². The summed E-state index contributed by atoms with van der Waals surface area (Å²) in [5.74, 6) is 0.693. The van der Waals surface area contributed by atoms with Crippen LogP contribution in [0.25, 0.3) is 10.9 Å². The first kappa shape index (κ1) is 17.0. The lowest BCUT2D eigenvalue weighted by Gasteiger charge is -2.21. The Hall–Kier alpha value is -3.40. The number of anilines is 2. The van der Waals surface area contributed by atoms with Crippen LogP contribution in [0.15, 0.2) is 72.8 Å². The van der Waals surface area contributed by atoms with Gasteiger partial charge in [-0.2, -0.15) is 0 Å². The number of hydrogen-bond donors (Lipinski definition) is 2. The summed E-state index contributed by atoms with van der Waals surface area (Å²) in [5.41, 5.74) is 12.3. The molecule has 4 heteroatoms. The molecule has 0 saturated heterocycles. The Labute approximate surface area is 159 Å². The van der Waals surface area contributed by atoms with Crippen LogP contribution < -0.4 is 11.1 Å². The van der Waals surface area contributed by atoms with E-state index in [1.54, 1.807) is 0 Å². The highest BCUT2D eigenvalue weighted by molar-refractivity contribution is 5.83. The van der Waals surface area contributed by atoms with Gasteiger partial charge in [0, 0.05) is 23.8 Å². The number of nitrogens with zero attached hydrogens (tertiary/aromatic N) is 2. The van der Waals surface area contributed by atoms with Gasteiger partial charge in [0.25, 0.3) is 0 Å². The summed E-state index contributed by atoms with van der Waals surface area (Å²) in [6.45, 7) is 1.94. The molecule has 27 heavy (non-hydrogen) atoms. The van der Waals surface area contributed by atoms with Gasteiger partial charge in [0.15, 0.2) is 0 Å². The van der Waals surface area contributed by atoms with Crippen molar-refractivity contribution in [3.63, 3.8) is 0 Å². The lowest BCUT2D eigenvalue weighted by molar-refractivity contribution is 0.903. The number of para-hydroxylation sites is 2. The van der Waals surface area contributed by atoms with Gasteiger partial charge in [0.1, 0.15) is 5.82 Å². The van der Waals surface area contributed by atoms with E-state index in [0.717, 1.165) is 44.9 Å². The van der Waals surface area contributed by atoms with E-state index in [9.17, 15) is 0 Å². The first-order valence-corrected chi connectivity index (χ1v) is 9.03. The SMILES string of the molecule is CNc1ccc(C(c2ccccc2N)c2nc(C)nc3ccccc23)cc1. The number of aromatic nitrogens is 2. The Bertz CT molecular complexity index is 1090. The summed E-state index contributed by atoms with van der Waals surface area (Å²) in [7, 11) is 1.92. The van der Waals surface area contributed by atoms with E-state index in [1.165, 1.54) is 0 Å². The third-order valence-corrected chi connectivity index (χ3v) is 4.86. The second-order valence-electron chi connectivity index (χ2n) is 6.61. The molecule has 0 spiro atoms. The zero-order valence-electron chi connectivity index (χ0n) is 15.5. The summed E-state index contributed by atoms with van der Waals surface area (Å²) in [4.78, 5) is 9.46. The molecule has 0 saturated carbocycles. The first-order valence-electron chi connectivity index (χ1n) is 9.03. The highest BCUT2D eigenvalue weighted by Crippen LogP contribution is 2.37. The average Bonchev–Trinajstić information content (AvgIpc) is 2.70. The fourth-order valence-corrected chi connectivity index (χ4v) is 3.54. The van der Waals surface area contributed by atoms with Crippen LogP contribution in [0.3, 0.4) is 0 Å². The lowest BCUT2D eigenvalue weighted by Crippen LogP contribution is -2.10. The van der Waals surface area contributed by atoms with Crippen molar-refractivity contribution in [1.82, 2.24) is 9.97 Å². The number of fused-ring (bicyclic) bond motifs is 1. The van der Waals surface area contributed by atoms with E-state index >= 15 is 0 Å². The topological polar surface area (TPSA) is 63.8 Å². The van der Waals surface area contributed by atoms with Gasteiger partial charge in [-0.05, 0) is 42.3 Å². The maximum atomic E-state index is 6.38. The highest BCUT2D eigenvalue weighted by Gasteiger charge is 2.23. The second-order valence-corrected chi connectivity index (χ2v) is 6.61. The van der Waals surface area contributed by atoms with Crippen LogP contribution in [0.2, 0.25) is 0 Å². The molecule has 4 rings (SSSR count). The van der Waals surface area contributed by atoms with Gasteiger partial charge in [-0.1, -0.05) is 48.5 Å². The van der Waals surface area contributed by atoms with Crippen LogP contribution in [-0.2, 0) is 0 Å². The van der Waals surface area contributed by atoms with E-state index in [4.69, 9.17) is 10.7 Å². The van der Waals surface area contributed by atoms with Crippen molar-refractivity contribution in [2.24, 2.45) is 0 Å². The van der Waals surface area contributed by atoms with E-state index in [-0.39, 0.29) is 5.92 Å². The minimum Gasteiger partial charge on any atom is -0.398 e. The summed E-state index contributed by atoms with van der Waals surface area (Å²) in [6.07, 6.45) is 0. The van der Waals surface area contributed by atoms with Gasteiger partial charge < -0.3 is 11.1 Å². The molecule has 4 nitrogen and oxygen atoms in total. The molecule has 0 bridgehead atoms. The van der Waals surface area contributed by atoms with Crippen molar-refractivity contribution in [1.29, 1.82) is 0 Å². The average molecular weight is 354 g/mol. The molecule has 0 aliphatic heterocycles. The fraction of sp³-hybridized carbons (Fsp3) is 0.130. The van der Waals surface area contributed by atoms with Gasteiger partial charge in [-0.3, -0.25) is 0 Å². The van der Waals surface area contributed by atoms with E-state index in [1.807, 2.05) is 50.4 Å². The fourth-order valence-electron chi connectivity index (χ4n) is 3.54. The number of benzene rings is 3. The van der Waals surface area contributed by atoms with Crippen LogP contribution in [0.4, 0.5) is 11.4 Å². The monoisotopic (exact) mass is 354 g/mol. The molecule has 1 unspecified atom stereocenters. The van der Waals surface area contributed by atoms with Crippen LogP contribution in [0, 0.1) is 6.92 Å². The Morgan fingerprint density at radius 2 is 1.56 bits per heavy atom. The van der Waals surface area contributed by atoms with Crippen molar-refractivity contribution >= 4 is 22.3 Å². The van der Waals surface area contributed by atoms with Crippen LogP contribution in [0.1, 0.15) is 28.6 Å². The van der Waals surface area contributed by atoms with Crippen molar-refractivity contribution in [3.05, 3.63) is 95.4 Å². The molecule has 3 aromatic carbocycles. The van der Waals surface area contributed by atoms with E-state index < -0.39 is 0 Å². The molecule has 134 valence electrons. The number of nitrogens with two attached hydrogens (primary N) is 1. The molecule has 0 amide bonds. The Morgan fingerprint density at radius 1 is 0.852 bits per heavy atom. The maximum Gasteiger partial charge on any atom is 0.126 e. The Kier molecular flexibility index (Phi) is 4.47. The minimum absolute atomic E-state index is 0.0660. The molecule has 0 aliphatic carbocycles. The Balaban J connectivity index is 2.00. The standard InChI is InChI=1S/C23H22N4/c1-15-26-21-10-6-4-8-19(21)23(27-15)22(18-7-3-5-9-20(18)24)16-11-13-17(25-2)14-12-16/h3-14,22,25H,24H2,1-2H3. The lowest BCUT2D eigenvalue weighted by atomic mass is 9.85. The normalized spacial score (nSPS) is 12.1. The van der Waals surface area contributed by atoms with Gasteiger partial charge in [-0.15, -0.1) is 0 Å². The molecule has 4 aromatic rings. The summed E-state index contributed by atoms with van der Waals surface area (Å²) >= 11 is 0. The zero-order chi connectivity index (χ0) is 18.8. The molecule has 1 atom stereocenters. The predicted octanol–water partition coefficient (Wildman–Crippen LogP) is 4.74. The third kappa shape index (κ3) is 3.22. The number of rotatable bonds is 4. The first-order chi connectivity index (χ1) is 13.2. The van der Waals surface area contributed by atoms with Crippen molar-refractivity contribution in [2.45, 2.75) is 12.8 Å². The van der Waals surface area contributed by atoms with Crippen molar-refractivity contribution in [3.8, 4) is 0 Å². The minimum atomic E-state index is -0.0660. The number of aryl methyl sites for hydroxylation is 1. The molecular weight excluding hydrogens is 332 g/mol. The molecule has 1 heterocycles. The number of hydrogen-bond acceptors (Lipinski definition) is 4. The largest absolute Gasteiger partial charge is 0.398 e. The van der Waals surface area contributed by atoms with E-state index in [2.05, 4.69) is 46.7 Å². The van der Waals surface area contributed by atoms with Gasteiger partial charge in [-0.25, -0.2) is 9.97 Å². The van der Waals surface area contributed by atoms with Crippen molar-refractivity contribution < 1.29 is 0 Å². The zero-order valence-corrected chi connectivity index (χ0v) is 15.5. The van der Waals surface area contributed by atoms with E-state index in [0.29, 0.717) is 0 Å². The Morgan fingerprint density at radius 3 is 2.30 bits per heavy atom. The quantitative estimate of drug-likeness (QED) is 0.520. The molecule has 0 aliphatic rings. The molecule has 0 fully saturated rings. The number of nitrogens with one attached hydrogen (secondary N) is 1. The maximum absolute atomic E-state index is 6.38. The van der Waals surface area contributed by atoms with Crippen LogP contribution >= 0.6 is 0 Å². The number of nitrogen functional groups attached to an aromatic ring is 1. The smallest absolute Gasteiger partial charge is 0.126 e. The highest BCUT2D eigenvalue weighted by atomic mass is 14.9. The van der Waals surface area contributed by atoms with Gasteiger partial charge >= 0.3 is 0 Å². The molecule has 1 aromatic heterocycles. The van der Waals surface area contributed by atoms with Gasteiger partial charge in [0.05, 0.1) is 17.1 Å². The third-order valence-electron chi connectivity index (χ3n) is 4.86. The van der Waals surface area contributed by atoms with Crippen LogP contribution in [0.5, 0.6) is 0 Å². The molecule has 3 N–H and O–H groups in total. The molecular formula is C23H22N4. The second kappa shape index (κ2) is 7.08. The summed E-state index contributed by atoms with van der Waals surface area (Å²) in [6, 6.07) is 24.6. The summed E-state index contributed by atoms with van der Waals surface area (Å²) in [5, 5.41) is 4.22. The summed E-state index contributed by atoms with van der Waals surface area (Å²) < 4.78 is 0. The predicted molar refractivity (Wildman–Crippen MR) is 112 cm³/mol.